The maximum atomic E-state index is 3.49. The third-order valence-electron chi connectivity index (χ3n) is 2.85. The lowest BCUT2D eigenvalue weighted by atomic mass is 10.2. The number of hydrogen-bond acceptors (Lipinski definition) is 2. The van der Waals surface area contributed by atoms with Gasteiger partial charge in [0.25, 0.3) is 0 Å². The Labute approximate surface area is 101 Å². The summed E-state index contributed by atoms with van der Waals surface area (Å²) < 4.78 is 2.27. The van der Waals surface area contributed by atoms with Gasteiger partial charge in [-0.3, -0.25) is 0 Å². The van der Waals surface area contributed by atoms with E-state index in [0.717, 1.165) is 19.6 Å². The topological polar surface area (TPSA) is 17.0 Å². The van der Waals surface area contributed by atoms with Crippen LogP contribution < -0.4 is 5.32 Å². The maximum Gasteiger partial charge on any atom is 0.0362 e. The van der Waals surface area contributed by atoms with Gasteiger partial charge >= 0.3 is 0 Å². The molecule has 86 valence electrons. The van der Waals surface area contributed by atoms with Crippen molar-refractivity contribution in [2.45, 2.75) is 33.5 Å². The first-order valence-electron chi connectivity index (χ1n) is 5.67. The fourth-order valence-electron chi connectivity index (χ4n) is 1.81. The Morgan fingerprint density at radius 2 is 2.19 bits per heavy atom. The van der Waals surface area contributed by atoms with Crippen molar-refractivity contribution >= 4 is 11.3 Å². The second-order valence-electron chi connectivity index (χ2n) is 3.97. The van der Waals surface area contributed by atoms with E-state index in [4.69, 9.17) is 0 Å². The molecule has 0 fully saturated rings. The van der Waals surface area contributed by atoms with Crippen LogP contribution in [0.4, 0.5) is 0 Å². The summed E-state index contributed by atoms with van der Waals surface area (Å²) in [5, 5.41) is 7.92. The van der Waals surface area contributed by atoms with Crippen molar-refractivity contribution in [2.75, 3.05) is 0 Å². The standard InChI is InChI=1S/C13H18N2S/c1-3-15-6-4-5-13(15)8-14-7-12-10-16-9-11(12)2/h4-6,9-10,14H,3,7-8H2,1-2H3. The summed E-state index contributed by atoms with van der Waals surface area (Å²) in [6.07, 6.45) is 2.13. The zero-order chi connectivity index (χ0) is 11.4. The lowest BCUT2D eigenvalue weighted by Gasteiger charge is -2.07. The average Bonchev–Trinajstić information content (AvgIpc) is 2.88. The monoisotopic (exact) mass is 234 g/mol. The van der Waals surface area contributed by atoms with Gasteiger partial charge in [-0.1, -0.05) is 0 Å². The van der Waals surface area contributed by atoms with Gasteiger partial charge in [0.15, 0.2) is 0 Å². The fraction of sp³-hybridized carbons (Fsp3) is 0.385. The molecule has 0 atom stereocenters. The summed E-state index contributed by atoms with van der Waals surface area (Å²) in [5.41, 5.74) is 4.17. The Bertz CT molecular complexity index is 442. The number of aryl methyl sites for hydroxylation is 2. The number of aromatic nitrogens is 1. The smallest absolute Gasteiger partial charge is 0.0362 e. The molecule has 2 heterocycles. The molecule has 0 aromatic carbocycles. The summed E-state index contributed by atoms with van der Waals surface area (Å²) in [4.78, 5) is 0. The highest BCUT2D eigenvalue weighted by Gasteiger charge is 2.01. The molecule has 0 bridgehead atoms. The van der Waals surface area contributed by atoms with Gasteiger partial charge in [-0.15, -0.1) is 0 Å². The molecule has 0 unspecified atom stereocenters. The van der Waals surface area contributed by atoms with Gasteiger partial charge < -0.3 is 9.88 Å². The highest BCUT2D eigenvalue weighted by atomic mass is 32.1. The molecule has 2 nitrogen and oxygen atoms in total. The molecular formula is C13H18N2S. The average molecular weight is 234 g/mol. The SMILES string of the molecule is CCn1cccc1CNCc1cscc1C. The lowest BCUT2D eigenvalue weighted by molar-refractivity contribution is 0.628. The molecule has 0 aliphatic heterocycles. The van der Waals surface area contributed by atoms with Crippen molar-refractivity contribution in [3.8, 4) is 0 Å². The van der Waals surface area contributed by atoms with Gasteiger partial charge in [-0.2, -0.15) is 11.3 Å². The van der Waals surface area contributed by atoms with Gasteiger partial charge in [0.05, 0.1) is 0 Å². The van der Waals surface area contributed by atoms with Crippen molar-refractivity contribution in [2.24, 2.45) is 0 Å². The summed E-state index contributed by atoms with van der Waals surface area (Å²) in [7, 11) is 0. The lowest BCUT2D eigenvalue weighted by Crippen LogP contribution is -2.15. The van der Waals surface area contributed by atoms with E-state index in [1.54, 1.807) is 11.3 Å². The van der Waals surface area contributed by atoms with E-state index in [1.165, 1.54) is 16.8 Å². The van der Waals surface area contributed by atoms with E-state index in [9.17, 15) is 0 Å². The van der Waals surface area contributed by atoms with E-state index < -0.39 is 0 Å². The molecule has 0 aliphatic carbocycles. The summed E-state index contributed by atoms with van der Waals surface area (Å²) >= 11 is 1.78. The minimum absolute atomic E-state index is 0.941. The van der Waals surface area contributed by atoms with Crippen LogP contribution >= 0.6 is 11.3 Å². The van der Waals surface area contributed by atoms with Crippen LogP contribution in [0.25, 0.3) is 0 Å². The van der Waals surface area contributed by atoms with Crippen molar-refractivity contribution in [1.82, 2.24) is 9.88 Å². The largest absolute Gasteiger partial charge is 0.351 e. The number of hydrogen-bond donors (Lipinski definition) is 1. The number of nitrogens with one attached hydrogen (secondary N) is 1. The van der Waals surface area contributed by atoms with Crippen molar-refractivity contribution < 1.29 is 0 Å². The number of rotatable bonds is 5. The van der Waals surface area contributed by atoms with Crippen LogP contribution in [-0.2, 0) is 19.6 Å². The molecule has 0 radical (unpaired) electrons. The molecule has 16 heavy (non-hydrogen) atoms. The van der Waals surface area contributed by atoms with Crippen molar-refractivity contribution in [1.29, 1.82) is 0 Å². The molecule has 3 heteroatoms. The zero-order valence-corrected chi connectivity index (χ0v) is 10.7. The molecule has 0 saturated carbocycles. The van der Waals surface area contributed by atoms with Crippen LogP contribution in [0, 0.1) is 6.92 Å². The molecule has 0 amide bonds. The van der Waals surface area contributed by atoms with Crippen LogP contribution in [0.3, 0.4) is 0 Å². The van der Waals surface area contributed by atoms with E-state index in [2.05, 4.69) is 52.8 Å². The third kappa shape index (κ3) is 2.54. The first kappa shape index (κ1) is 11.4. The second kappa shape index (κ2) is 5.32. The number of thiophene rings is 1. The summed E-state index contributed by atoms with van der Waals surface area (Å²) in [6.45, 7) is 7.29. The minimum atomic E-state index is 0.941. The first-order valence-corrected chi connectivity index (χ1v) is 6.62. The van der Waals surface area contributed by atoms with Crippen LogP contribution in [0.2, 0.25) is 0 Å². The van der Waals surface area contributed by atoms with E-state index in [-0.39, 0.29) is 0 Å². The molecule has 0 saturated heterocycles. The molecule has 1 N–H and O–H groups in total. The van der Waals surface area contributed by atoms with Crippen LogP contribution in [0.1, 0.15) is 23.7 Å². The van der Waals surface area contributed by atoms with Crippen LogP contribution in [0.5, 0.6) is 0 Å². The van der Waals surface area contributed by atoms with Gasteiger partial charge in [0, 0.05) is 31.5 Å². The molecule has 2 aromatic rings. The van der Waals surface area contributed by atoms with Gasteiger partial charge in [0.2, 0.25) is 0 Å². The maximum absolute atomic E-state index is 3.49. The van der Waals surface area contributed by atoms with Gasteiger partial charge in [-0.05, 0) is 47.9 Å². The molecular weight excluding hydrogens is 216 g/mol. The Morgan fingerprint density at radius 3 is 2.88 bits per heavy atom. The predicted octanol–water partition coefficient (Wildman–Crippen LogP) is 3.17. The molecule has 0 aliphatic rings. The quantitative estimate of drug-likeness (QED) is 0.841. The van der Waals surface area contributed by atoms with E-state index >= 15 is 0 Å². The van der Waals surface area contributed by atoms with E-state index in [1.807, 2.05) is 0 Å². The van der Waals surface area contributed by atoms with Gasteiger partial charge in [0.1, 0.15) is 0 Å². The zero-order valence-electron chi connectivity index (χ0n) is 9.86. The van der Waals surface area contributed by atoms with Crippen molar-refractivity contribution in [3.05, 3.63) is 45.9 Å². The Balaban J connectivity index is 1.87. The Hall–Kier alpha value is -1.06. The fourth-order valence-corrected chi connectivity index (χ4v) is 2.67. The number of nitrogens with zero attached hydrogens (tertiary/aromatic N) is 1. The highest BCUT2D eigenvalue weighted by Crippen LogP contribution is 2.13. The predicted molar refractivity (Wildman–Crippen MR) is 69.7 cm³/mol. The van der Waals surface area contributed by atoms with Gasteiger partial charge in [-0.25, -0.2) is 0 Å². The summed E-state index contributed by atoms with van der Waals surface area (Å²) in [6, 6.07) is 4.29. The second-order valence-corrected chi connectivity index (χ2v) is 4.71. The Kier molecular flexibility index (Phi) is 3.80. The minimum Gasteiger partial charge on any atom is -0.351 e. The first-order chi connectivity index (χ1) is 7.81. The molecule has 2 rings (SSSR count). The third-order valence-corrected chi connectivity index (χ3v) is 3.76. The highest BCUT2D eigenvalue weighted by molar-refractivity contribution is 7.08. The van der Waals surface area contributed by atoms with Crippen molar-refractivity contribution in [3.63, 3.8) is 0 Å². The summed E-state index contributed by atoms with van der Waals surface area (Å²) in [5.74, 6) is 0. The van der Waals surface area contributed by atoms with E-state index in [0.29, 0.717) is 0 Å². The van der Waals surface area contributed by atoms with Crippen LogP contribution in [-0.4, -0.2) is 4.57 Å². The Morgan fingerprint density at radius 1 is 1.31 bits per heavy atom. The molecule has 0 spiro atoms. The normalized spacial score (nSPS) is 10.9. The van der Waals surface area contributed by atoms with Crippen LogP contribution in [0.15, 0.2) is 29.1 Å². The molecule has 2 aromatic heterocycles.